The number of benzene rings is 4. The van der Waals surface area contributed by atoms with Gasteiger partial charge in [0.25, 0.3) is 5.91 Å². The second-order valence-corrected chi connectivity index (χ2v) is 9.93. The van der Waals surface area contributed by atoms with Crippen LogP contribution < -0.4 is 19.8 Å². The van der Waals surface area contributed by atoms with E-state index in [1.54, 1.807) is 4.90 Å². The number of nitrogens with zero attached hydrogens (tertiary/aromatic N) is 1. The number of hydrogen-bond donors (Lipinski definition) is 0. The Morgan fingerprint density at radius 2 is 1.50 bits per heavy atom. The molecule has 6 heteroatoms. The third-order valence-corrected chi connectivity index (χ3v) is 7.34. The predicted molar refractivity (Wildman–Crippen MR) is 155 cm³/mol. The minimum Gasteiger partial charge on any atom is -0.490 e. The zero-order valence-electron chi connectivity index (χ0n) is 22.6. The molecule has 6 rings (SSSR count). The molecule has 200 valence electrons. The number of carbonyl (C=O) groups is 1. The van der Waals surface area contributed by atoms with Crippen LogP contribution in [-0.2, 0) is 6.61 Å². The van der Waals surface area contributed by atoms with E-state index in [0.717, 1.165) is 22.3 Å². The highest BCUT2D eigenvalue weighted by Gasteiger charge is 2.44. The molecule has 6 nitrogen and oxygen atoms in total. The van der Waals surface area contributed by atoms with Gasteiger partial charge in [0.05, 0.1) is 23.6 Å². The van der Waals surface area contributed by atoms with Crippen molar-refractivity contribution in [1.82, 2.24) is 0 Å². The first-order valence-electron chi connectivity index (χ1n) is 13.4. The summed E-state index contributed by atoms with van der Waals surface area (Å²) in [5, 5.41) is 0.461. The summed E-state index contributed by atoms with van der Waals surface area (Å²) < 4.78 is 18.3. The number of anilines is 1. The van der Waals surface area contributed by atoms with Crippen LogP contribution in [0.25, 0.3) is 11.0 Å². The Bertz CT molecular complexity index is 1780. The third kappa shape index (κ3) is 4.41. The Morgan fingerprint density at radius 3 is 2.23 bits per heavy atom. The predicted octanol–water partition coefficient (Wildman–Crippen LogP) is 7.14. The molecule has 2 heterocycles. The fraction of sp³-hybridized carbons (Fsp3) is 0.176. The number of amides is 1. The van der Waals surface area contributed by atoms with Gasteiger partial charge in [-0.3, -0.25) is 14.5 Å². The van der Waals surface area contributed by atoms with Crippen LogP contribution in [0, 0.1) is 13.8 Å². The first-order chi connectivity index (χ1) is 19.5. The summed E-state index contributed by atoms with van der Waals surface area (Å²) in [6, 6.07) is 27.8. The lowest BCUT2D eigenvalue weighted by molar-refractivity contribution is 0.0971. The Hall–Kier alpha value is -4.84. The number of para-hydroxylation sites is 1. The van der Waals surface area contributed by atoms with Gasteiger partial charge in [0.1, 0.15) is 12.2 Å². The highest BCUT2D eigenvalue weighted by atomic mass is 16.5. The molecule has 1 aromatic heterocycles. The van der Waals surface area contributed by atoms with Gasteiger partial charge in [-0.1, -0.05) is 54.6 Å². The minimum absolute atomic E-state index is 0.0666. The summed E-state index contributed by atoms with van der Waals surface area (Å²) in [5.74, 6) is 0.839. The van der Waals surface area contributed by atoms with E-state index < -0.39 is 6.04 Å². The van der Waals surface area contributed by atoms with Crippen LogP contribution in [-0.4, -0.2) is 12.5 Å². The van der Waals surface area contributed by atoms with Crippen LogP contribution in [0.3, 0.4) is 0 Å². The highest BCUT2D eigenvalue weighted by molar-refractivity contribution is 6.10. The van der Waals surface area contributed by atoms with Gasteiger partial charge < -0.3 is 13.9 Å². The first kappa shape index (κ1) is 25.4. The van der Waals surface area contributed by atoms with Crippen molar-refractivity contribution >= 4 is 22.6 Å². The summed E-state index contributed by atoms with van der Waals surface area (Å²) in [4.78, 5) is 29.6. The topological polar surface area (TPSA) is 69.0 Å². The molecule has 0 saturated carbocycles. The van der Waals surface area contributed by atoms with Gasteiger partial charge in [-0.15, -0.1) is 0 Å². The van der Waals surface area contributed by atoms with Crippen LogP contribution in [0.5, 0.6) is 11.5 Å². The van der Waals surface area contributed by atoms with Crippen LogP contribution in [0.15, 0.2) is 100 Å². The second-order valence-electron chi connectivity index (χ2n) is 9.93. The fourth-order valence-electron chi connectivity index (χ4n) is 5.22. The van der Waals surface area contributed by atoms with Gasteiger partial charge in [-0.2, -0.15) is 0 Å². The molecular formula is C34H29NO5. The van der Waals surface area contributed by atoms with Crippen molar-refractivity contribution in [3.05, 3.63) is 135 Å². The number of fused-ring (bicyclic) bond motifs is 2. The Labute approximate surface area is 232 Å². The van der Waals surface area contributed by atoms with E-state index in [4.69, 9.17) is 13.9 Å². The average Bonchev–Trinajstić information content (AvgIpc) is 3.27. The quantitative estimate of drug-likeness (QED) is 0.223. The van der Waals surface area contributed by atoms with Gasteiger partial charge in [0.2, 0.25) is 5.76 Å². The van der Waals surface area contributed by atoms with Crippen LogP contribution in [0.1, 0.15) is 51.3 Å². The average molecular weight is 532 g/mol. The zero-order chi connectivity index (χ0) is 27.8. The van der Waals surface area contributed by atoms with Crippen molar-refractivity contribution in [2.45, 2.75) is 33.4 Å². The smallest absolute Gasteiger partial charge is 0.295 e. The van der Waals surface area contributed by atoms with Gasteiger partial charge in [0, 0.05) is 5.69 Å². The number of carbonyl (C=O) groups excluding carboxylic acids is 1. The number of aryl methyl sites for hydroxylation is 2. The highest BCUT2D eigenvalue weighted by Crippen LogP contribution is 2.43. The Morgan fingerprint density at radius 1 is 0.800 bits per heavy atom. The molecule has 0 N–H and O–H groups in total. The molecule has 1 unspecified atom stereocenters. The van der Waals surface area contributed by atoms with Crippen molar-refractivity contribution in [2.24, 2.45) is 0 Å². The molecule has 1 aliphatic heterocycles. The fourth-order valence-corrected chi connectivity index (χ4v) is 5.22. The number of rotatable bonds is 7. The van der Waals surface area contributed by atoms with Crippen molar-refractivity contribution in [3.8, 4) is 11.5 Å². The minimum atomic E-state index is -0.700. The van der Waals surface area contributed by atoms with E-state index in [-0.39, 0.29) is 17.1 Å². The lowest BCUT2D eigenvalue weighted by atomic mass is 9.97. The Balaban J connectivity index is 1.51. The summed E-state index contributed by atoms with van der Waals surface area (Å²) in [7, 11) is 0. The maximum Gasteiger partial charge on any atom is 0.295 e. The zero-order valence-corrected chi connectivity index (χ0v) is 22.6. The maximum absolute atomic E-state index is 14.0. The molecule has 1 amide bonds. The molecule has 0 spiro atoms. The standard InChI is InChI=1S/C34H29NO5/c1-4-38-29-19-24(15-16-27(29)39-20-23-11-7-5-8-12-23)31-30-32(36)26-17-21(2)22(3)18-28(26)40-33(30)34(37)35(31)25-13-9-6-10-14-25/h5-19,31H,4,20H2,1-3H3. The van der Waals surface area contributed by atoms with E-state index in [0.29, 0.717) is 46.9 Å². The molecule has 0 aliphatic carbocycles. The van der Waals surface area contributed by atoms with Gasteiger partial charge in [0.15, 0.2) is 16.9 Å². The largest absolute Gasteiger partial charge is 0.490 e. The van der Waals surface area contributed by atoms with Crippen LogP contribution in [0.4, 0.5) is 5.69 Å². The van der Waals surface area contributed by atoms with Crippen molar-refractivity contribution in [1.29, 1.82) is 0 Å². The molecule has 0 radical (unpaired) electrons. The maximum atomic E-state index is 14.0. The molecule has 5 aromatic rings. The van der Waals surface area contributed by atoms with E-state index >= 15 is 0 Å². The SMILES string of the molecule is CCOc1cc(C2c3c(oc4cc(C)c(C)cc4c3=O)C(=O)N2c2ccccc2)ccc1OCc1ccccc1. The second kappa shape index (κ2) is 10.4. The van der Waals surface area contributed by atoms with Gasteiger partial charge in [-0.25, -0.2) is 0 Å². The van der Waals surface area contributed by atoms with E-state index in [1.807, 2.05) is 112 Å². The van der Waals surface area contributed by atoms with Crippen molar-refractivity contribution in [3.63, 3.8) is 0 Å². The van der Waals surface area contributed by atoms with E-state index in [2.05, 4.69) is 0 Å². The molecule has 40 heavy (non-hydrogen) atoms. The van der Waals surface area contributed by atoms with Crippen molar-refractivity contribution < 1.29 is 18.7 Å². The molecule has 1 aliphatic rings. The van der Waals surface area contributed by atoms with E-state index in [9.17, 15) is 9.59 Å². The molecule has 0 bridgehead atoms. The summed E-state index contributed by atoms with van der Waals surface area (Å²) >= 11 is 0. The molecule has 0 fully saturated rings. The molecule has 1 atom stereocenters. The lowest BCUT2D eigenvalue weighted by Gasteiger charge is -2.26. The molecule has 0 saturated heterocycles. The third-order valence-electron chi connectivity index (χ3n) is 7.34. The monoisotopic (exact) mass is 531 g/mol. The summed E-state index contributed by atoms with van der Waals surface area (Å²) in [6.45, 7) is 6.64. The first-order valence-corrected chi connectivity index (χ1v) is 13.4. The number of hydrogen-bond acceptors (Lipinski definition) is 5. The van der Waals surface area contributed by atoms with Gasteiger partial charge >= 0.3 is 0 Å². The van der Waals surface area contributed by atoms with E-state index in [1.165, 1.54) is 0 Å². The summed E-state index contributed by atoms with van der Waals surface area (Å²) in [5.41, 5.74) is 4.93. The summed E-state index contributed by atoms with van der Waals surface area (Å²) in [6.07, 6.45) is 0. The number of ether oxygens (including phenoxy) is 2. The van der Waals surface area contributed by atoms with Crippen LogP contribution >= 0.6 is 0 Å². The van der Waals surface area contributed by atoms with Gasteiger partial charge in [-0.05, 0) is 79.4 Å². The Kier molecular flexibility index (Phi) is 6.60. The normalized spacial score (nSPS) is 14.4. The van der Waals surface area contributed by atoms with Crippen LogP contribution in [0.2, 0.25) is 0 Å². The molecule has 4 aromatic carbocycles. The molecular weight excluding hydrogens is 502 g/mol. The lowest BCUT2D eigenvalue weighted by Crippen LogP contribution is -2.29. The van der Waals surface area contributed by atoms with Crippen molar-refractivity contribution in [2.75, 3.05) is 11.5 Å².